The van der Waals surface area contributed by atoms with Crippen molar-refractivity contribution in [1.29, 1.82) is 0 Å². The molecule has 1 heterocycles. The Bertz CT molecular complexity index is 756. The highest BCUT2D eigenvalue weighted by atomic mass is 16.1. The molecule has 1 N–H and O–H groups in total. The quantitative estimate of drug-likeness (QED) is 0.868. The molecule has 24 heavy (non-hydrogen) atoms. The normalized spacial score (nSPS) is 18.7. The van der Waals surface area contributed by atoms with Gasteiger partial charge in [-0.05, 0) is 37.3 Å². The molecule has 1 aromatic carbocycles. The van der Waals surface area contributed by atoms with E-state index in [0.29, 0.717) is 6.42 Å². The zero-order valence-corrected chi connectivity index (χ0v) is 14.7. The number of hydrogen-bond donors (Lipinski definition) is 1. The van der Waals surface area contributed by atoms with Gasteiger partial charge in [0.15, 0.2) is 0 Å². The molecule has 1 aromatic heterocycles. The predicted molar refractivity (Wildman–Crippen MR) is 96.1 cm³/mol. The summed E-state index contributed by atoms with van der Waals surface area (Å²) >= 11 is 0. The van der Waals surface area contributed by atoms with Gasteiger partial charge in [0.05, 0.1) is 23.6 Å². The Morgan fingerprint density at radius 3 is 2.79 bits per heavy atom. The summed E-state index contributed by atoms with van der Waals surface area (Å²) in [6.45, 7) is 10.2. The standard InChI is InChI=1S/C20H25N3O/c1-5-6-19(24)22-17-11-20(3,4)12-18-16(17)13-21-23(18)15-9-7-14(2)8-10-15/h5,7-10,13,17H,1,6,11-12H2,2-4H3,(H,22,24)/t17-/m0/s1. The molecule has 1 aliphatic carbocycles. The second kappa shape index (κ2) is 6.27. The van der Waals surface area contributed by atoms with Crippen LogP contribution in [-0.4, -0.2) is 15.7 Å². The Balaban J connectivity index is 1.97. The van der Waals surface area contributed by atoms with Crippen molar-refractivity contribution in [2.75, 3.05) is 0 Å². The molecule has 0 saturated carbocycles. The zero-order valence-electron chi connectivity index (χ0n) is 14.7. The fourth-order valence-corrected chi connectivity index (χ4v) is 3.46. The van der Waals surface area contributed by atoms with Gasteiger partial charge >= 0.3 is 0 Å². The lowest BCUT2D eigenvalue weighted by molar-refractivity contribution is -0.121. The maximum absolute atomic E-state index is 12.0. The molecule has 1 amide bonds. The Hall–Kier alpha value is -2.36. The van der Waals surface area contributed by atoms with Gasteiger partial charge in [-0.2, -0.15) is 5.10 Å². The topological polar surface area (TPSA) is 46.9 Å². The molecule has 1 atom stereocenters. The highest BCUT2D eigenvalue weighted by Crippen LogP contribution is 2.41. The summed E-state index contributed by atoms with van der Waals surface area (Å²) in [5.41, 5.74) is 4.73. The Morgan fingerprint density at radius 1 is 1.42 bits per heavy atom. The molecule has 4 nitrogen and oxygen atoms in total. The molecule has 0 saturated heterocycles. The monoisotopic (exact) mass is 323 g/mol. The van der Waals surface area contributed by atoms with Gasteiger partial charge in [-0.25, -0.2) is 4.68 Å². The SMILES string of the molecule is C=CCC(=O)N[C@H]1CC(C)(C)Cc2c1cnn2-c1ccc(C)cc1. The van der Waals surface area contributed by atoms with Crippen LogP contribution in [0.3, 0.4) is 0 Å². The molecule has 0 fully saturated rings. The molecule has 4 heteroatoms. The third-order valence-electron chi connectivity index (χ3n) is 4.62. The lowest BCUT2D eigenvalue weighted by Gasteiger charge is -2.36. The van der Waals surface area contributed by atoms with Crippen molar-refractivity contribution < 1.29 is 4.79 Å². The first-order valence-corrected chi connectivity index (χ1v) is 8.44. The Morgan fingerprint density at radius 2 is 2.12 bits per heavy atom. The number of carbonyl (C=O) groups is 1. The Kier molecular flexibility index (Phi) is 4.31. The van der Waals surface area contributed by atoms with Crippen LogP contribution in [0.1, 0.15) is 49.6 Å². The lowest BCUT2D eigenvalue weighted by atomic mass is 9.74. The van der Waals surface area contributed by atoms with Gasteiger partial charge in [0, 0.05) is 12.0 Å². The van der Waals surface area contributed by atoms with E-state index in [9.17, 15) is 4.79 Å². The average molecular weight is 323 g/mol. The summed E-state index contributed by atoms with van der Waals surface area (Å²) in [4.78, 5) is 12.0. The third kappa shape index (κ3) is 3.28. The summed E-state index contributed by atoms with van der Waals surface area (Å²) in [5, 5.41) is 7.75. The van der Waals surface area contributed by atoms with Gasteiger partial charge in [0.25, 0.3) is 0 Å². The van der Waals surface area contributed by atoms with E-state index in [-0.39, 0.29) is 17.4 Å². The van der Waals surface area contributed by atoms with E-state index in [1.54, 1.807) is 6.08 Å². The highest BCUT2D eigenvalue weighted by Gasteiger charge is 2.35. The number of aryl methyl sites for hydroxylation is 1. The van der Waals surface area contributed by atoms with Crippen molar-refractivity contribution in [1.82, 2.24) is 15.1 Å². The van der Waals surface area contributed by atoms with Crippen LogP contribution < -0.4 is 5.32 Å². The van der Waals surface area contributed by atoms with Crippen LogP contribution in [0, 0.1) is 12.3 Å². The summed E-state index contributed by atoms with van der Waals surface area (Å²) < 4.78 is 2.02. The molecule has 0 spiro atoms. The molecule has 0 bridgehead atoms. The number of benzene rings is 1. The smallest absolute Gasteiger partial charge is 0.224 e. The molecule has 1 aliphatic rings. The second-order valence-electron chi connectivity index (χ2n) is 7.45. The number of fused-ring (bicyclic) bond motifs is 1. The van der Waals surface area contributed by atoms with Crippen molar-refractivity contribution >= 4 is 5.91 Å². The fraction of sp³-hybridized carbons (Fsp3) is 0.400. The molecule has 126 valence electrons. The minimum Gasteiger partial charge on any atom is -0.349 e. The van der Waals surface area contributed by atoms with Crippen LogP contribution in [-0.2, 0) is 11.2 Å². The molecular weight excluding hydrogens is 298 g/mol. The van der Waals surface area contributed by atoms with Crippen molar-refractivity contribution in [3.8, 4) is 5.69 Å². The number of nitrogens with zero attached hydrogens (tertiary/aromatic N) is 2. The summed E-state index contributed by atoms with van der Waals surface area (Å²) in [6, 6.07) is 8.39. The predicted octanol–water partition coefficient (Wildman–Crippen LogP) is 3.89. The number of rotatable bonds is 4. The van der Waals surface area contributed by atoms with E-state index < -0.39 is 0 Å². The molecular formula is C20H25N3O. The van der Waals surface area contributed by atoms with E-state index in [4.69, 9.17) is 0 Å². The molecule has 0 unspecified atom stereocenters. The van der Waals surface area contributed by atoms with Gasteiger partial charge in [-0.3, -0.25) is 4.79 Å². The van der Waals surface area contributed by atoms with Crippen molar-refractivity contribution in [3.05, 3.63) is 59.9 Å². The Labute approximate surface area is 143 Å². The molecule has 0 radical (unpaired) electrons. The number of nitrogens with one attached hydrogen (secondary N) is 1. The van der Waals surface area contributed by atoms with Crippen LogP contribution >= 0.6 is 0 Å². The first-order valence-electron chi connectivity index (χ1n) is 8.44. The first kappa shape index (κ1) is 16.5. The van der Waals surface area contributed by atoms with E-state index >= 15 is 0 Å². The van der Waals surface area contributed by atoms with Crippen molar-refractivity contribution in [2.24, 2.45) is 5.41 Å². The van der Waals surface area contributed by atoms with Crippen molar-refractivity contribution in [3.63, 3.8) is 0 Å². The van der Waals surface area contributed by atoms with Crippen LogP contribution in [0.5, 0.6) is 0 Å². The van der Waals surface area contributed by atoms with E-state index in [0.717, 1.165) is 24.1 Å². The maximum Gasteiger partial charge on any atom is 0.224 e. The summed E-state index contributed by atoms with van der Waals surface area (Å²) in [7, 11) is 0. The van der Waals surface area contributed by atoms with Gasteiger partial charge in [0.2, 0.25) is 5.91 Å². The van der Waals surface area contributed by atoms with Crippen LogP contribution in [0.4, 0.5) is 0 Å². The average Bonchev–Trinajstić information content (AvgIpc) is 2.90. The van der Waals surface area contributed by atoms with Gasteiger partial charge in [-0.15, -0.1) is 6.58 Å². The highest BCUT2D eigenvalue weighted by molar-refractivity contribution is 5.78. The largest absolute Gasteiger partial charge is 0.349 e. The summed E-state index contributed by atoms with van der Waals surface area (Å²) in [5.74, 6) is 0.0155. The van der Waals surface area contributed by atoms with Gasteiger partial charge in [0.1, 0.15) is 0 Å². The van der Waals surface area contributed by atoms with Crippen molar-refractivity contribution in [2.45, 2.75) is 46.1 Å². The van der Waals surface area contributed by atoms with E-state index in [2.05, 4.69) is 62.0 Å². The number of aromatic nitrogens is 2. The zero-order chi connectivity index (χ0) is 17.3. The first-order chi connectivity index (χ1) is 11.4. The van der Waals surface area contributed by atoms with Gasteiger partial charge < -0.3 is 5.32 Å². The van der Waals surface area contributed by atoms with Crippen LogP contribution in [0.15, 0.2) is 43.1 Å². The minimum absolute atomic E-state index is 0.00963. The molecule has 0 aliphatic heterocycles. The van der Waals surface area contributed by atoms with E-state index in [1.807, 2.05) is 10.9 Å². The fourth-order valence-electron chi connectivity index (χ4n) is 3.46. The number of amides is 1. The van der Waals surface area contributed by atoms with Gasteiger partial charge in [-0.1, -0.05) is 37.6 Å². The second-order valence-corrected chi connectivity index (χ2v) is 7.45. The number of hydrogen-bond acceptors (Lipinski definition) is 2. The van der Waals surface area contributed by atoms with E-state index in [1.165, 1.54) is 11.3 Å². The summed E-state index contributed by atoms with van der Waals surface area (Å²) in [6.07, 6.45) is 5.76. The minimum atomic E-state index is 0.00963. The van der Waals surface area contributed by atoms with Crippen LogP contribution in [0.2, 0.25) is 0 Å². The maximum atomic E-state index is 12.0. The lowest BCUT2D eigenvalue weighted by Crippen LogP contribution is -2.36. The molecule has 2 aromatic rings. The third-order valence-corrected chi connectivity index (χ3v) is 4.62. The number of carbonyl (C=O) groups excluding carboxylic acids is 1. The molecule has 3 rings (SSSR count). The van der Waals surface area contributed by atoms with Crippen LogP contribution in [0.25, 0.3) is 5.69 Å².